The van der Waals surface area contributed by atoms with Crippen LogP contribution in [0.4, 0.5) is 5.13 Å². The van der Waals surface area contributed by atoms with Crippen molar-refractivity contribution in [2.24, 2.45) is 7.05 Å². The van der Waals surface area contributed by atoms with Gasteiger partial charge >= 0.3 is 0 Å². The Bertz CT molecular complexity index is 1820. The number of anilines is 1. The number of nitrogens with one attached hydrogen (secondary N) is 1. The highest BCUT2D eigenvalue weighted by Gasteiger charge is 2.22. The number of para-hydroxylation sites is 1. The van der Waals surface area contributed by atoms with Crippen molar-refractivity contribution in [1.29, 1.82) is 0 Å². The number of hydrogen-bond acceptors (Lipinski definition) is 8. The monoisotopic (exact) mass is 575 g/mol. The van der Waals surface area contributed by atoms with Crippen molar-refractivity contribution in [3.63, 3.8) is 0 Å². The highest BCUT2D eigenvalue weighted by Crippen LogP contribution is 2.38. The first-order valence-corrected chi connectivity index (χ1v) is 15.7. The Morgan fingerprint density at radius 1 is 1.02 bits per heavy atom. The molecule has 0 amide bonds. The Morgan fingerprint density at radius 2 is 1.80 bits per heavy atom. The molecule has 0 aliphatic carbocycles. The highest BCUT2D eigenvalue weighted by atomic mass is 32.2. The predicted octanol–water partition coefficient (Wildman–Crippen LogP) is 4.51. The summed E-state index contributed by atoms with van der Waals surface area (Å²) in [7, 11) is -1.78. The molecular weight excluding hydrogens is 546 g/mol. The van der Waals surface area contributed by atoms with Crippen LogP contribution in [0.5, 0.6) is 11.5 Å². The molecule has 0 atom stereocenters. The maximum absolute atomic E-state index is 13.2. The van der Waals surface area contributed by atoms with Crippen LogP contribution in [0.3, 0.4) is 0 Å². The summed E-state index contributed by atoms with van der Waals surface area (Å²) in [5, 5.41) is 3.76. The summed E-state index contributed by atoms with van der Waals surface area (Å²) in [5.74, 6) is 1.13. The first-order valence-electron chi connectivity index (χ1n) is 12.9. The number of hydrogen-bond donors (Lipinski definition) is 1. The minimum atomic E-state index is -3.48. The Hall–Kier alpha value is -3.93. The van der Waals surface area contributed by atoms with E-state index in [4.69, 9.17) is 4.74 Å². The van der Waals surface area contributed by atoms with E-state index >= 15 is 0 Å². The molecule has 3 aromatic heterocycles. The number of benzene rings is 2. The van der Waals surface area contributed by atoms with E-state index in [1.807, 2.05) is 48.0 Å². The van der Waals surface area contributed by atoms with Gasteiger partial charge in [0.05, 0.1) is 4.90 Å². The second-order valence-corrected chi connectivity index (χ2v) is 12.9. The van der Waals surface area contributed by atoms with Crippen molar-refractivity contribution in [1.82, 2.24) is 19.4 Å². The largest absolute Gasteiger partial charge is 0.457 e. The molecule has 206 valence electrons. The molecule has 6 rings (SSSR count). The van der Waals surface area contributed by atoms with Crippen LogP contribution >= 0.6 is 11.3 Å². The van der Waals surface area contributed by atoms with Gasteiger partial charge in [-0.05, 0) is 36.4 Å². The SMILES string of the molecule is Cn1cc(-c2cc(S(C)(=O)=O)ccc2Oc2ccccc2)c2cc(CN3CCN(c4nccs4)CC3)[nH]c2c1=O. The molecule has 1 fully saturated rings. The summed E-state index contributed by atoms with van der Waals surface area (Å²) in [6.45, 7) is 4.20. The number of aryl methyl sites for hydroxylation is 1. The van der Waals surface area contributed by atoms with Gasteiger partial charge in [0.1, 0.15) is 17.0 Å². The lowest BCUT2D eigenvalue weighted by Crippen LogP contribution is -2.46. The maximum atomic E-state index is 13.2. The molecule has 1 N–H and O–H groups in total. The van der Waals surface area contributed by atoms with Crippen molar-refractivity contribution < 1.29 is 13.2 Å². The fraction of sp³-hybridized carbons (Fsp3) is 0.241. The molecule has 0 unspecified atom stereocenters. The van der Waals surface area contributed by atoms with E-state index in [1.165, 1.54) is 10.8 Å². The van der Waals surface area contributed by atoms with E-state index in [9.17, 15) is 13.2 Å². The van der Waals surface area contributed by atoms with Gasteiger partial charge in [-0.25, -0.2) is 13.4 Å². The molecule has 11 heteroatoms. The Kier molecular flexibility index (Phi) is 6.95. The van der Waals surface area contributed by atoms with E-state index in [0.29, 0.717) is 34.7 Å². The van der Waals surface area contributed by atoms with Gasteiger partial charge in [0.25, 0.3) is 5.56 Å². The summed E-state index contributed by atoms with van der Waals surface area (Å²) in [6, 6.07) is 16.2. The minimum absolute atomic E-state index is 0.150. The second kappa shape index (κ2) is 10.6. The summed E-state index contributed by atoms with van der Waals surface area (Å²) in [4.78, 5) is 25.8. The van der Waals surface area contributed by atoms with Crippen LogP contribution in [-0.2, 0) is 23.4 Å². The Balaban J connectivity index is 1.38. The number of fused-ring (bicyclic) bond motifs is 1. The first-order chi connectivity index (χ1) is 19.3. The summed E-state index contributed by atoms with van der Waals surface area (Å²) < 4.78 is 32.7. The summed E-state index contributed by atoms with van der Waals surface area (Å²) >= 11 is 1.65. The molecule has 1 aliphatic rings. The van der Waals surface area contributed by atoms with Gasteiger partial charge in [-0.1, -0.05) is 18.2 Å². The van der Waals surface area contributed by atoms with E-state index < -0.39 is 9.84 Å². The maximum Gasteiger partial charge on any atom is 0.274 e. The van der Waals surface area contributed by atoms with Gasteiger partial charge in [-0.2, -0.15) is 0 Å². The number of piperazine rings is 1. The van der Waals surface area contributed by atoms with E-state index in [2.05, 4.69) is 19.8 Å². The quantitative estimate of drug-likeness (QED) is 0.305. The fourth-order valence-electron chi connectivity index (χ4n) is 5.05. The van der Waals surface area contributed by atoms with Crippen LogP contribution in [0.15, 0.2) is 82.1 Å². The van der Waals surface area contributed by atoms with Gasteiger partial charge in [-0.15, -0.1) is 11.3 Å². The first kappa shape index (κ1) is 26.3. The lowest BCUT2D eigenvalue weighted by Gasteiger charge is -2.34. The number of thiazole rings is 1. The zero-order chi connectivity index (χ0) is 27.9. The van der Waals surface area contributed by atoms with Crippen LogP contribution in [0.2, 0.25) is 0 Å². The standard InChI is InChI=1S/C29H29N5O4S2/c1-32-19-25(23-17-22(40(2,36)37)8-9-26(23)38-21-6-4-3-5-7-21)24-16-20(31-27(24)28(32)35)18-33-11-13-34(14-12-33)29-30-10-15-39-29/h3-10,15-17,19,31H,11-14,18H2,1-2H3. The van der Waals surface area contributed by atoms with Crippen LogP contribution in [0.25, 0.3) is 22.0 Å². The summed E-state index contributed by atoms with van der Waals surface area (Å²) in [6.07, 6.45) is 4.76. The molecule has 0 spiro atoms. The lowest BCUT2D eigenvalue weighted by molar-refractivity contribution is 0.247. The van der Waals surface area contributed by atoms with Crippen molar-refractivity contribution in [3.05, 3.63) is 88.4 Å². The smallest absolute Gasteiger partial charge is 0.274 e. The van der Waals surface area contributed by atoms with Crippen LogP contribution in [0, 0.1) is 0 Å². The van der Waals surface area contributed by atoms with Gasteiger partial charge in [0.15, 0.2) is 15.0 Å². The molecule has 1 saturated heterocycles. The molecule has 0 radical (unpaired) electrons. The number of aromatic nitrogens is 3. The van der Waals surface area contributed by atoms with Crippen LogP contribution in [-0.4, -0.2) is 60.3 Å². The number of rotatable bonds is 7. The number of sulfone groups is 1. The highest BCUT2D eigenvalue weighted by molar-refractivity contribution is 7.90. The molecule has 1 aliphatic heterocycles. The zero-order valence-electron chi connectivity index (χ0n) is 22.2. The Morgan fingerprint density at radius 3 is 2.50 bits per heavy atom. The average molecular weight is 576 g/mol. The van der Waals surface area contributed by atoms with Gasteiger partial charge < -0.3 is 19.2 Å². The normalized spacial score (nSPS) is 14.6. The van der Waals surface area contributed by atoms with Gasteiger partial charge in [0, 0.05) is 86.0 Å². The van der Waals surface area contributed by atoms with E-state index in [0.717, 1.165) is 42.4 Å². The van der Waals surface area contributed by atoms with Gasteiger partial charge in [-0.3, -0.25) is 9.69 Å². The third-order valence-corrected chi connectivity index (χ3v) is 9.06. The third kappa shape index (κ3) is 5.27. The number of ether oxygens (including phenoxy) is 1. The molecule has 2 aromatic carbocycles. The number of H-pyrrole nitrogens is 1. The van der Waals surface area contributed by atoms with Crippen LogP contribution in [0.1, 0.15) is 5.69 Å². The van der Waals surface area contributed by atoms with E-state index in [1.54, 1.807) is 42.8 Å². The second-order valence-electron chi connectivity index (χ2n) is 9.97. The molecule has 40 heavy (non-hydrogen) atoms. The fourth-order valence-corrected chi connectivity index (χ4v) is 6.40. The lowest BCUT2D eigenvalue weighted by atomic mass is 10.0. The molecule has 4 heterocycles. The van der Waals surface area contributed by atoms with Crippen LogP contribution < -0.4 is 15.2 Å². The zero-order valence-corrected chi connectivity index (χ0v) is 23.8. The van der Waals surface area contributed by atoms with Gasteiger partial charge in [0.2, 0.25) is 0 Å². The molecule has 0 bridgehead atoms. The van der Waals surface area contributed by atoms with Crippen molar-refractivity contribution in [3.8, 4) is 22.6 Å². The topological polar surface area (TPSA) is 101 Å². The average Bonchev–Trinajstić information content (AvgIpc) is 3.63. The third-order valence-electron chi connectivity index (χ3n) is 7.12. The molecular formula is C29H29N5O4S2. The van der Waals surface area contributed by atoms with Crippen molar-refractivity contribution in [2.75, 3.05) is 37.3 Å². The number of aromatic amines is 1. The van der Waals surface area contributed by atoms with Crippen molar-refractivity contribution in [2.45, 2.75) is 11.4 Å². The van der Waals surface area contributed by atoms with E-state index in [-0.39, 0.29) is 10.5 Å². The Labute approximate surface area is 236 Å². The molecule has 9 nitrogen and oxygen atoms in total. The number of pyridine rings is 1. The van der Waals surface area contributed by atoms with Crippen molar-refractivity contribution >= 4 is 37.2 Å². The molecule has 0 saturated carbocycles. The predicted molar refractivity (Wildman–Crippen MR) is 158 cm³/mol. The molecule has 5 aromatic rings. The minimum Gasteiger partial charge on any atom is -0.457 e. The summed E-state index contributed by atoms with van der Waals surface area (Å²) in [5.41, 5.74) is 2.56. The number of nitrogens with zero attached hydrogens (tertiary/aromatic N) is 4.